The second kappa shape index (κ2) is 18.6. The molecule has 4 saturated carbocycles. The first-order valence-corrected chi connectivity index (χ1v) is 28.0. The minimum atomic E-state index is -0.153. The van der Waals surface area contributed by atoms with Crippen molar-refractivity contribution in [1.29, 1.82) is 0 Å². The van der Waals surface area contributed by atoms with Crippen LogP contribution >= 0.6 is 0 Å². The molecule has 9 heteroatoms. The van der Waals surface area contributed by atoms with Crippen LogP contribution in [0.3, 0.4) is 0 Å². The predicted molar refractivity (Wildman–Crippen MR) is 300 cm³/mol. The smallest absolute Gasteiger partial charge is 0.654 e. The van der Waals surface area contributed by atoms with E-state index in [1.54, 1.807) is 0 Å². The number of carbonyl (C=O) groups excluding carboxylic acids is 2. The molecule has 77 heavy (non-hydrogen) atoms. The monoisotopic (exact) mass is 1060 g/mol. The topological polar surface area (TPSA) is 107 Å². The minimum absolute atomic E-state index is 0. The summed E-state index contributed by atoms with van der Waals surface area (Å²) in [6.07, 6.45) is 20.0. The molecule has 0 unspecified atom stereocenters. The van der Waals surface area contributed by atoms with Crippen molar-refractivity contribution >= 4 is 57.9 Å². The molecule has 0 saturated heterocycles. The molecule has 5 heterocycles. The fourth-order valence-corrected chi connectivity index (χ4v) is 16.1. The van der Waals surface area contributed by atoms with Gasteiger partial charge >= 0.3 is 16.8 Å². The fraction of sp³-hybridized carbons (Fsp3) is 0.324. The van der Waals surface area contributed by atoms with Crippen LogP contribution in [0, 0.1) is 34.5 Å². The maximum Gasteiger partial charge on any atom is 2.00 e. The molecule has 4 aromatic carbocycles. The normalized spacial score (nSPS) is 26.4. The molecule has 6 aliphatic carbocycles. The number of rotatable bonds is 6. The van der Waals surface area contributed by atoms with Crippen molar-refractivity contribution in [1.82, 2.24) is 19.9 Å². The number of ether oxygens (including phenoxy) is 2. The summed E-state index contributed by atoms with van der Waals surface area (Å²) in [7, 11) is 0. The molecule has 385 valence electrons. The van der Waals surface area contributed by atoms with E-state index in [2.05, 4.69) is 123 Å². The van der Waals surface area contributed by atoms with E-state index in [0.717, 1.165) is 133 Å². The number of aromatic nitrogens is 4. The third kappa shape index (κ3) is 7.80. The van der Waals surface area contributed by atoms with Crippen LogP contribution in [0.25, 0.3) is 68.6 Å². The summed E-state index contributed by atoms with van der Waals surface area (Å²) in [5.41, 5.74) is 14.7. The number of Topliss-reactive ketones (excluding diaryl/α,β-unsaturated/α-hetero) is 2. The molecular formula is C68H60CoN4O4. The number of nitrogens with zero attached hydrogens (tertiary/aromatic N) is 4. The quantitative estimate of drug-likeness (QED) is 0.162. The summed E-state index contributed by atoms with van der Waals surface area (Å²) in [6.45, 7) is 4.49. The average molecular weight is 1060 g/mol. The molecule has 4 fully saturated rings. The van der Waals surface area contributed by atoms with E-state index in [0.29, 0.717) is 81.0 Å². The first kappa shape index (κ1) is 48.3. The van der Waals surface area contributed by atoms with Crippen LogP contribution in [0.5, 0.6) is 23.0 Å². The van der Waals surface area contributed by atoms with Crippen molar-refractivity contribution in [2.75, 3.05) is 0 Å². The Hall–Kier alpha value is -7.07. The molecule has 15 rings (SSSR count). The van der Waals surface area contributed by atoms with Crippen LogP contribution in [0.15, 0.2) is 121 Å². The second-order valence-corrected chi connectivity index (χ2v) is 23.6. The standard InChI is InChI=1S/C68H60N4O4.Co/c1-67-35-33-47-45-19-15-43(37-41(45)13-17-49(47)51(67)21-31-61(67)73)75-65-57-27-23-53(69-57)63(39-9-5-3-6-10-39)55-25-29-59(71-55)66(60-30-26-56(72-60)64(40-11-7-4-8-12-40)54-24-28-58(65)70-54)76-44-16-20-46-42(38-44)14-18-50-48(46)34-36-68(2)52(50)22-32-62(68)74;/h3-12,15-16,19-20,23-30,37-38,47-52H,13-14,17-18,21-22,31-36H2,1-2H3;/q-2;+2/t47-,48-,49-,50-,51+,52+,67+,68+;/m1./s1. The minimum Gasteiger partial charge on any atom is -0.654 e. The van der Waals surface area contributed by atoms with E-state index in [-0.39, 0.29) is 27.6 Å². The maximum atomic E-state index is 13.1. The molecule has 0 N–H and O–H groups in total. The Kier molecular flexibility index (Phi) is 11.6. The van der Waals surface area contributed by atoms with Crippen LogP contribution in [-0.4, -0.2) is 21.5 Å². The largest absolute Gasteiger partial charge is 2.00 e. The van der Waals surface area contributed by atoms with Gasteiger partial charge in [0, 0.05) is 23.7 Å². The van der Waals surface area contributed by atoms with E-state index in [9.17, 15) is 9.59 Å². The summed E-state index contributed by atoms with van der Waals surface area (Å²) >= 11 is 0. The van der Waals surface area contributed by atoms with Crippen LogP contribution in [0.4, 0.5) is 0 Å². The zero-order chi connectivity index (χ0) is 50.9. The van der Waals surface area contributed by atoms with Gasteiger partial charge in [0.05, 0.1) is 11.4 Å². The molecular weight excluding hydrogens is 996 g/mol. The molecule has 8 bridgehead atoms. The zero-order valence-corrected chi connectivity index (χ0v) is 44.6. The summed E-state index contributed by atoms with van der Waals surface area (Å²) in [4.78, 5) is 47.9. The van der Waals surface area contributed by atoms with Crippen molar-refractivity contribution in [2.24, 2.45) is 34.5 Å². The SMILES string of the molecule is C[C@]12CC[C@@H]3c4ccc(Oc5c6nc(c(-c7ccccc7)c7ccc([n-]7)c(Oc7ccc8c(c7)CC[C@@H]7[C@@H]8CC[C@]8(C)C(=O)CC[C@@H]78)c7nc(c(-c8ccccc8)c8ccc5[n-]8)C=C7)C=C6)cc4CC[C@H]3[C@@H]1CCC2=O.[Co+2]. The molecule has 7 aromatic rings. The summed E-state index contributed by atoms with van der Waals surface area (Å²) in [6, 6.07) is 42.3. The van der Waals surface area contributed by atoms with Gasteiger partial charge in [0.15, 0.2) is 0 Å². The van der Waals surface area contributed by atoms with Crippen molar-refractivity contribution in [2.45, 2.75) is 103 Å². The van der Waals surface area contributed by atoms with E-state index in [1.807, 2.05) is 36.4 Å². The van der Waals surface area contributed by atoms with Gasteiger partial charge in [0.2, 0.25) is 0 Å². The molecule has 2 aliphatic heterocycles. The first-order valence-electron chi connectivity index (χ1n) is 28.0. The molecule has 3 aromatic heterocycles. The van der Waals surface area contributed by atoms with Crippen LogP contribution in [0.1, 0.15) is 135 Å². The van der Waals surface area contributed by atoms with E-state index < -0.39 is 0 Å². The predicted octanol–water partition coefficient (Wildman–Crippen LogP) is 15.7. The second-order valence-electron chi connectivity index (χ2n) is 23.6. The van der Waals surface area contributed by atoms with E-state index >= 15 is 0 Å². The van der Waals surface area contributed by atoms with Gasteiger partial charge < -0.3 is 19.4 Å². The van der Waals surface area contributed by atoms with Crippen LogP contribution in [0.2, 0.25) is 0 Å². The number of hydrogen-bond acceptors (Lipinski definition) is 6. The van der Waals surface area contributed by atoms with Crippen LogP contribution < -0.4 is 19.4 Å². The van der Waals surface area contributed by atoms with E-state index in [1.165, 1.54) is 22.3 Å². The fourth-order valence-electron chi connectivity index (χ4n) is 16.1. The van der Waals surface area contributed by atoms with Gasteiger partial charge in [-0.1, -0.05) is 122 Å². The number of benzene rings is 4. The average Bonchev–Trinajstić information content (AvgIpc) is 4.50. The Morgan fingerprint density at radius 1 is 0.468 bits per heavy atom. The van der Waals surface area contributed by atoms with Crippen molar-refractivity contribution in [3.8, 4) is 45.3 Å². The van der Waals surface area contributed by atoms with Gasteiger partial charge in [0.1, 0.15) is 46.0 Å². The number of hydrogen-bond donors (Lipinski definition) is 0. The van der Waals surface area contributed by atoms with Crippen molar-refractivity contribution < 1.29 is 35.8 Å². The zero-order valence-electron chi connectivity index (χ0n) is 43.6. The molecule has 8 aliphatic rings. The summed E-state index contributed by atoms with van der Waals surface area (Å²) in [5.74, 6) is 6.61. The third-order valence-corrected chi connectivity index (χ3v) is 19.9. The Balaban J connectivity index is 0.00000540. The number of carbonyl (C=O) groups is 2. The first-order chi connectivity index (χ1) is 37.2. The van der Waals surface area contributed by atoms with Gasteiger partial charge in [-0.15, -0.1) is 11.0 Å². The number of ketones is 2. The number of fused-ring (bicyclic) bond motifs is 18. The van der Waals surface area contributed by atoms with Crippen molar-refractivity contribution in [3.63, 3.8) is 0 Å². The molecule has 8 atom stereocenters. The van der Waals surface area contributed by atoms with Gasteiger partial charge in [-0.2, -0.15) is 0 Å². The van der Waals surface area contributed by atoms with Gasteiger partial charge in [-0.05, 0) is 193 Å². The molecule has 0 amide bonds. The Bertz CT molecular complexity index is 3570. The molecule has 1 radical (unpaired) electrons. The summed E-state index contributed by atoms with van der Waals surface area (Å²) < 4.78 is 14.2. The van der Waals surface area contributed by atoms with Crippen LogP contribution in [-0.2, 0) is 39.2 Å². The Morgan fingerprint density at radius 2 is 0.883 bits per heavy atom. The Labute approximate surface area is 460 Å². The maximum absolute atomic E-state index is 13.1. The van der Waals surface area contributed by atoms with Gasteiger partial charge in [-0.3, -0.25) is 9.59 Å². The van der Waals surface area contributed by atoms with Gasteiger partial charge in [0.25, 0.3) is 0 Å². The Morgan fingerprint density at radius 3 is 1.32 bits per heavy atom. The van der Waals surface area contributed by atoms with Crippen molar-refractivity contribution in [3.05, 3.63) is 166 Å². The number of aryl methyl sites for hydroxylation is 2. The molecule has 8 nitrogen and oxygen atoms in total. The third-order valence-electron chi connectivity index (χ3n) is 19.9. The van der Waals surface area contributed by atoms with E-state index in [4.69, 9.17) is 29.4 Å². The summed E-state index contributed by atoms with van der Waals surface area (Å²) in [5, 5.41) is 0. The molecule has 0 spiro atoms. The van der Waals surface area contributed by atoms with Gasteiger partial charge in [-0.25, -0.2) is 9.97 Å².